The van der Waals surface area contributed by atoms with Crippen molar-refractivity contribution in [2.45, 2.75) is 58.0 Å². The summed E-state index contributed by atoms with van der Waals surface area (Å²) in [6.45, 7) is 5.77. The van der Waals surface area contributed by atoms with Crippen molar-refractivity contribution >= 4 is 0 Å². The van der Waals surface area contributed by atoms with Crippen LogP contribution in [0.2, 0.25) is 0 Å². The zero-order chi connectivity index (χ0) is 10.2. The molecule has 2 heteroatoms. The van der Waals surface area contributed by atoms with E-state index in [9.17, 15) is 0 Å². The second-order valence-corrected chi connectivity index (χ2v) is 5.54. The third-order valence-electron chi connectivity index (χ3n) is 4.37. The van der Waals surface area contributed by atoms with Gasteiger partial charge in [-0.25, -0.2) is 0 Å². The van der Waals surface area contributed by atoms with Crippen molar-refractivity contribution in [3.8, 4) is 0 Å². The standard InChI is InChI=1S/C12H24N2/c1-3-9-7-10(9)14-8-12(2)6-4-5-11(12)13/h9-11,14H,3-8,13H2,1-2H3. The Morgan fingerprint density at radius 2 is 2.29 bits per heavy atom. The Hall–Kier alpha value is -0.0800. The van der Waals surface area contributed by atoms with Gasteiger partial charge in [-0.2, -0.15) is 0 Å². The fourth-order valence-electron chi connectivity index (χ4n) is 2.79. The molecule has 82 valence electrons. The Morgan fingerprint density at radius 3 is 2.79 bits per heavy atom. The first-order chi connectivity index (χ1) is 6.65. The van der Waals surface area contributed by atoms with Crippen molar-refractivity contribution in [1.29, 1.82) is 0 Å². The minimum atomic E-state index is 0.376. The van der Waals surface area contributed by atoms with Crippen molar-refractivity contribution in [2.24, 2.45) is 17.1 Å². The van der Waals surface area contributed by atoms with Gasteiger partial charge in [0, 0.05) is 18.6 Å². The molecule has 0 aromatic heterocycles. The highest BCUT2D eigenvalue weighted by molar-refractivity contribution is 4.97. The molecule has 2 aliphatic rings. The van der Waals surface area contributed by atoms with Gasteiger partial charge >= 0.3 is 0 Å². The Labute approximate surface area is 87.6 Å². The van der Waals surface area contributed by atoms with Gasteiger partial charge in [0.15, 0.2) is 0 Å². The second-order valence-electron chi connectivity index (χ2n) is 5.54. The summed E-state index contributed by atoms with van der Waals surface area (Å²) in [7, 11) is 0. The van der Waals surface area contributed by atoms with Gasteiger partial charge in [0.1, 0.15) is 0 Å². The SMILES string of the molecule is CCC1CC1NCC1(C)CCCC1N. The summed E-state index contributed by atoms with van der Waals surface area (Å²) in [5.41, 5.74) is 6.52. The monoisotopic (exact) mass is 196 g/mol. The van der Waals surface area contributed by atoms with Crippen LogP contribution < -0.4 is 11.1 Å². The summed E-state index contributed by atoms with van der Waals surface area (Å²) in [6.07, 6.45) is 6.58. The fourth-order valence-corrected chi connectivity index (χ4v) is 2.79. The van der Waals surface area contributed by atoms with Gasteiger partial charge in [0.05, 0.1) is 0 Å². The molecule has 0 saturated heterocycles. The average Bonchev–Trinajstić information content (AvgIpc) is 2.86. The van der Waals surface area contributed by atoms with E-state index in [4.69, 9.17) is 5.73 Å². The maximum atomic E-state index is 6.15. The predicted octanol–water partition coefficient (Wildman–Crippen LogP) is 1.89. The summed E-state index contributed by atoms with van der Waals surface area (Å²) >= 11 is 0. The zero-order valence-electron chi connectivity index (χ0n) is 9.55. The molecule has 0 aromatic carbocycles. The molecule has 0 aliphatic heterocycles. The molecular formula is C12H24N2. The number of hydrogen-bond acceptors (Lipinski definition) is 2. The summed E-state index contributed by atoms with van der Waals surface area (Å²) < 4.78 is 0. The Kier molecular flexibility index (Phi) is 2.85. The van der Waals surface area contributed by atoms with Crippen molar-refractivity contribution in [1.82, 2.24) is 5.32 Å². The number of hydrogen-bond donors (Lipinski definition) is 2. The van der Waals surface area contributed by atoms with Gasteiger partial charge in [-0.05, 0) is 30.6 Å². The summed E-state index contributed by atoms with van der Waals surface area (Å²) in [5, 5.41) is 3.69. The summed E-state index contributed by atoms with van der Waals surface area (Å²) in [6, 6.07) is 1.23. The van der Waals surface area contributed by atoms with E-state index in [1.165, 1.54) is 32.1 Å². The molecule has 0 spiro atoms. The van der Waals surface area contributed by atoms with Crippen LogP contribution in [0.15, 0.2) is 0 Å². The normalized spacial score (nSPS) is 46.9. The maximum absolute atomic E-state index is 6.15. The van der Waals surface area contributed by atoms with Gasteiger partial charge in [-0.1, -0.05) is 26.7 Å². The van der Waals surface area contributed by atoms with E-state index in [2.05, 4.69) is 19.2 Å². The Balaban J connectivity index is 1.75. The highest BCUT2D eigenvalue weighted by atomic mass is 15.0. The van der Waals surface area contributed by atoms with Crippen LogP contribution in [-0.4, -0.2) is 18.6 Å². The number of nitrogens with one attached hydrogen (secondary N) is 1. The molecule has 0 heterocycles. The van der Waals surface area contributed by atoms with Gasteiger partial charge in [-0.15, -0.1) is 0 Å². The molecule has 0 bridgehead atoms. The highest BCUT2D eigenvalue weighted by Gasteiger charge is 2.40. The largest absolute Gasteiger partial charge is 0.327 e. The van der Waals surface area contributed by atoms with Crippen LogP contribution in [0.3, 0.4) is 0 Å². The first kappa shape index (κ1) is 10.4. The second kappa shape index (κ2) is 3.82. The van der Waals surface area contributed by atoms with Crippen LogP contribution in [0.5, 0.6) is 0 Å². The lowest BCUT2D eigenvalue weighted by Gasteiger charge is -2.29. The topological polar surface area (TPSA) is 38.0 Å². The quantitative estimate of drug-likeness (QED) is 0.720. The molecular weight excluding hydrogens is 172 g/mol. The first-order valence-corrected chi connectivity index (χ1v) is 6.14. The predicted molar refractivity (Wildman–Crippen MR) is 60.1 cm³/mol. The molecule has 0 radical (unpaired) electrons. The van der Waals surface area contributed by atoms with Gasteiger partial charge in [-0.3, -0.25) is 0 Å². The van der Waals surface area contributed by atoms with E-state index in [-0.39, 0.29) is 0 Å². The van der Waals surface area contributed by atoms with Crippen molar-refractivity contribution in [2.75, 3.05) is 6.54 Å². The van der Waals surface area contributed by atoms with E-state index >= 15 is 0 Å². The lowest BCUT2D eigenvalue weighted by atomic mass is 9.85. The smallest absolute Gasteiger partial charge is 0.0105 e. The molecule has 4 unspecified atom stereocenters. The van der Waals surface area contributed by atoms with Gasteiger partial charge < -0.3 is 11.1 Å². The molecule has 2 rings (SSSR count). The fraction of sp³-hybridized carbons (Fsp3) is 1.00. The van der Waals surface area contributed by atoms with E-state index in [1.54, 1.807) is 0 Å². The summed E-state index contributed by atoms with van der Waals surface area (Å²) in [4.78, 5) is 0. The lowest BCUT2D eigenvalue weighted by molar-refractivity contribution is 0.275. The minimum Gasteiger partial charge on any atom is -0.327 e. The van der Waals surface area contributed by atoms with Gasteiger partial charge in [0.2, 0.25) is 0 Å². The van der Waals surface area contributed by atoms with Crippen LogP contribution in [0.4, 0.5) is 0 Å². The Morgan fingerprint density at radius 1 is 1.50 bits per heavy atom. The van der Waals surface area contributed by atoms with Crippen LogP contribution in [0.1, 0.15) is 46.0 Å². The molecule has 2 nitrogen and oxygen atoms in total. The lowest BCUT2D eigenvalue weighted by Crippen LogP contribution is -2.43. The Bertz CT molecular complexity index is 204. The van der Waals surface area contributed by atoms with E-state index in [1.807, 2.05) is 0 Å². The molecule has 0 amide bonds. The minimum absolute atomic E-state index is 0.376. The number of rotatable bonds is 4. The number of nitrogens with two attached hydrogens (primary N) is 1. The molecule has 0 aromatic rings. The van der Waals surface area contributed by atoms with E-state index < -0.39 is 0 Å². The average molecular weight is 196 g/mol. The van der Waals surface area contributed by atoms with Crippen molar-refractivity contribution in [3.05, 3.63) is 0 Å². The van der Waals surface area contributed by atoms with E-state index in [0.29, 0.717) is 11.5 Å². The maximum Gasteiger partial charge on any atom is 0.0105 e. The highest BCUT2D eigenvalue weighted by Crippen LogP contribution is 2.38. The molecule has 2 aliphatic carbocycles. The van der Waals surface area contributed by atoms with Crippen molar-refractivity contribution in [3.63, 3.8) is 0 Å². The first-order valence-electron chi connectivity index (χ1n) is 6.14. The van der Waals surface area contributed by atoms with Crippen LogP contribution in [0, 0.1) is 11.3 Å². The third kappa shape index (κ3) is 1.96. The summed E-state index contributed by atoms with van der Waals surface area (Å²) in [5.74, 6) is 0.955. The molecule has 2 saturated carbocycles. The molecule has 4 atom stereocenters. The van der Waals surface area contributed by atoms with E-state index in [0.717, 1.165) is 18.5 Å². The van der Waals surface area contributed by atoms with Crippen LogP contribution >= 0.6 is 0 Å². The third-order valence-corrected chi connectivity index (χ3v) is 4.37. The van der Waals surface area contributed by atoms with Crippen LogP contribution in [0.25, 0.3) is 0 Å². The van der Waals surface area contributed by atoms with Crippen molar-refractivity contribution < 1.29 is 0 Å². The van der Waals surface area contributed by atoms with Gasteiger partial charge in [0.25, 0.3) is 0 Å². The zero-order valence-corrected chi connectivity index (χ0v) is 9.55. The van der Waals surface area contributed by atoms with Crippen LogP contribution in [-0.2, 0) is 0 Å². The molecule has 3 N–H and O–H groups in total. The molecule has 14 heavy (non-hydrogen) atoms. The molecule has 2 fully saturated rings.